The van der Waals surface area contributed by atoms with E-state index in [1.165, 1.54) is 18.5 Å². The number of pyridine rings is 1. The van der Waals surface area contributed by atoms with Gasteiger partial charge in [0.2, 0.25) is 0 Å². The lowest BCUT2D eigenvalue weighted by Gasteiger charge is -2.26. The lowest BCUT2D eigenvalue weighted by Crippen LogP contribution is -2.29. The van der Waals surface area contributed by atoms with Crippen molar-refractivity contribution >= 4 is 5.69 Å². The first kappa shape index (κ1) is 14.3. The minimum atomic E-state index is 0.0396. The maximum Gasteiger partial charge on any atom is 0.0572 e. The van der Waals surface area contributed by atoms with Gasteiger partial charge in [-0.3, -0.25) is 4.98 Å². The van der Waals surface area contributed by atoms with Gasteiger partial charge in [0.05, 0.1) is 17.6 Å². The summed E-state index contributed by atoms with van der Waals surface area (Å²) in [5.74, 6) is 0. The summed E-state index contributed by atoms with van der Waals surface area (Å²) in [5.41, 5.74) is 8.14. The molecule has 0 saturated carbocycles. The van der Waals surface area contributed by atoms with Crippen LogP contribution in [0.15, 0.2) is 18.3 Å². The van der Waals surface area contributed by atoms with Crippen molar-refractivity contribution in [2.24, 2.45) is 5.73 Å². The van der Waals surface area contributed by atoms with Crippen LogP contribution in [0.25, 0.3) is 0 Å². The summed E-state index contributed by atoms with van der Waals surface area (Å²) in [5, 5.41) is 8.96. The van der Waals surface area contributed by atoms with Crippen LogP contribution in [-0.4, -0.2) is 29.3 Å². The smallest absolute Gasteiger partial charge is 0.0572 e. The maximum atomic E-state index is 8.96. The van der Waals surface area contributed by atoms with Crippen LogP contribution in [0.1, 0.15) is 50.8 Å². The highest BCUT2D eigenvalue weighted by Crippen LogP contribution is 2.28. The lowest BCUT2D eigenvalue weighted by molar-refractivity contribution is 0.279. The van der Waals surface area contributed by atoms with Gasteiger partial charge in [-0.1, -0.05) is 6.92 Å². The van der Waals surface area contributed by atoms with Crippen molar-refractivity contribution in [1.29, 1.82) is 0 Å². The molecule has 2 atom stereocenters. The number of hydrogen-bond acceptors (Lipinski definition) is 4. The Morgan fingerprint density at radius 2 is 2.37 bits per heavy atom. The van der Waals surface area contributed by atoms with E-state index in [0.717, 1.165) is 31.5 Å². The largest absolute Gasteiger partial charge is 0.396 e. The van der Waals surface area contributed by atoms with E-state index in [1.807, 2.05) is 12.3 Å². The predicted octanol–water partition coefficient (Wildman–Crippen LogP) is 2.23. The first-order valence-electron chi connectivity index (χ1n) is 7.35. The molecule has 1 saturated heterocycles. The number of nitrogens with zero attached hydrogens (tertiary/aromatic N) is 2. The second kappa shape index (κ2) is 6.87. The van der Waals surface area contributed by atoms with E-state index in [4.69, 9.17) is 10.8 Å². The molecule has 1 aliphatic rings. The zero-order valence-corrected chi connectivity index (χ0v) is 11.8. The fourth-order valence-electron chi connectivity index (χ4n) is 2.80. The SMILES string of the molecule is CCC(N)c1ccc(N2CCCC2CCCO)cn1. The van der Waals surface area contributed by atoms with Crippen molar-refractivity contribution in [3.05, 3.63) is 24.0 Å². The Kier molecular flexibility index (Phi) is 5.16. The van der Waals surface area contributed by atoms with Gasteiger partial charge in [0.25, 0.3) is 0 Å². The average molecular weight is 263 g/mol. The van der Waals surface area contributed by atoms with Crippen molar-refractivity contribution in [3.8, 4) is 0 Å². The van der Waals surface area contributed by atoms with E-state index in [9.17, 15) is 0 Å². The molecule has 3 N–H and O–H groups in total. The summed E-state index contributed by atoms with van der Waals surface area (Å²) < 4.78 is 0. The van der Waals surface area contributed by atoms with E-state index in [-0.39, 0.29) is 12.6 Å². The number of rotatable bonds is 6. The van der Waals surface area contributed by atoms with Gasteiger partial charge >= 0.3 is 0 Å². The van der Waals surface area contributed by atoms with Gasteiger partial charge in [0, 0.05) is 25.2 Å². The quantitative estimate of drug-likeness (QED) is 0.826. The van der Waals surface area contributed by atoms with Crippen LogP contribution >= 0.6 is 0 Å². The molecule has 1 aromatic rings. The standard InChI is InChI=1S/C15H25N3O/c1-2-14(16)15-8-7-13(11-17-15)18-9-3-5-12(18)6-4-10-19/h7-8,11-12,14,19H,2-6,9-10,16H2,1H3. The molecule has 1 aromatic heterocycles. The molecule has 19 heavy (non-hydrogen) atoms. The van der Waals surface area contributed by atoms with E-state index in [2.05, 4.69) is 22.9 Å². The number of hydrogen-bond donors (Lipinski definition) is 2. The Bertz CT molecular complexity index is 379. The van der Waals surface area contributed by atoms with Crippen molar-refractivity contribution in [1.82, 2.24) is 4.98 Å². The summed E-state index contributed by atoms with van der Waals surface area (Å²) in [6.07, 6.45) is 7.25. The number of aromatic nitrogens is 1. The highest BCUT2D eigenvalue weighted by molar-refractivity contribution is 5.47. The second-order valence-electron chi connectivity index (χ2n) is 5.31. The molecule has 0 bridgehead atoms. The number of aliphatic hydroxyl groups excluding tert-OH is 1. The third kappa shape index (κ3) is 3.45. The molecule has 2 rings (SSSR count). The summed E-state index contributed by atoms with van der Waals surface area (Å²) in [6, 6.07) is 4.78. The third-order valence-electron chi connectivity index (χ3n) is 3.99. The molecule has 1 fully saturated rings. The highest BCUT2D eigenvalue weighted by Gasteiger charge is 2.24. The Morgan fingerprint density at radius 1 is 1.53 bits per heavy atom. The van der Waals surface area contributed by atoms with Gasteiger partial charge < -0.3 is 15.7 Å². The Hall–Kier alpha value is -1.13. The van der Waals surface area contributed by atoms with Crippen molar-refractivity contribution in [2.45, 2.75) is 51.1 Å². The molecule has 4 heteroatoms. The van der Waals surface area contributed by atoms with Gasteiger partial charge in [0.15, 0.2) is 0 Å². The summed E-state index contributed by atoms with van der Waals surface area (Å²) in [4.78, 5) is 6.91. The zero-order valence-electron chi connectivity index (χ0n) is 11.8. The molecule has 0 spiro atoms. The van der Waals surface area contributed by atoms with Crippen molar-refractivity contribution in [2.75, 3.05) is 18.1 Å². The zero-order chi connectivity index (χ0) is 13.7. The van der Waals surface area contributed by atoms with Gasteiger partial charge in [-0.15, -0.1) is 0 Å². The Labute approximate surface area is 115 Å². The van der Waals surface area contributed by atoms with Crippen molar-refractivity contribution in [3.63, 3.8) is 0 Å². The van der Waals surface area contributed by atoms with Gasteiger partial charge in [-0.2, -0.15) is 0 Å². The molecule has 106 valence electrons. The van der Waals surface area contributed by atoms with Gasteiger partial charge in [0.1, 0.15) is 0 Å². The monoisotopic (exact) mass is 263 g/mol. The van der Waals surface area contributed by atoms with E-state index in [1.54, 1.807) is 0 Å². The van der Waals surface area contributed by atoms with Crippen LogP contribution < -0.4 is 10.6 Å². The number of anilines is 1. The highest BCUT2D eigenvalue weighted by atomic mass is 16.2. The summed E-state index contributed by atoms with van der Waals surface area (Å²) in [6.45, 7) is 3.45. The molecular formula is C15H25N3O. The fourth-order valence-corrected chi connectivity index (χ4v) is 2.80. The lowest BCUT2D eigenvalue weighted by atomic mass is 10.1. The average Bonchev–Trinajstić information content (AvgIpc) is 2.92. The van der Waals surface area contributed by atoms with Crippen LogP contribution in [0.2, 0.25) is 0 Å². The normalized spacial score (nSPS) is 20.8. The Balaban J connectivity index is 2.04. The fraction of sp³-hybridized carbons (Fsp3) is 0.667. The molecule has 0 aromatic carbocycles. The Morgan fingerprint density at radius 3 is 3.00 bits per heavy atom. The molecular weight excluding hydrogens is 238 g/mol. The molecule has 0 radical (unpaired) electrons. The van der Waals surface area contributed by atoms with Crippen LogP contribution in [-0.2, 0) is 0 Å². The van der Waals surface area contributed by atoms with E-state index in [0.29, 0.717) is 6.04 Å². The molecule has 2 unspecified atom stereocenters. The topological polar surface area (TPSA) is 62.4 Å². The molecule has 0 amide bonds. The summed E-state index contributed by atoms with van der Waals surface area (Å²) >= 11 is 0. The molecule has 1 aliphatic heterocycles. The maximum absolute atomic E-state index is 8.96. The molecule has 2 heterocycles. The van der Waals surface area contributed by atoms with Crippen LogP contribution in [0, 0.1) is 0 Å². The van der Waals surface area contributed by atoms with Crippen molar-refractivity contribution < 1.29 is 5.11 Å². The molecule has 0 aliphatic carbocycles. The number of nitrogens with two attached hydrogens (primary N) is 1. The predicted molar refractivity (Wildman–Crippen MR) is 78.1 cm³/mol. The second-order valence-corrected chi connectivity index (χ2v) is 5.31. The summed E-state index contributed by atoms with van der Waals surface area (Å²) in [7, 11) is 0. The van der Waals surface area contributed by atoms with Gasteiger partial charge in [-0.05, 0) is 44.2 Å². The third-order valence-corrected chi connectivity index (χ3v) is 3.99. The van der Waals surface area contributed by atoms with E-state index >= 15 is 0 Å². The minimum Gasteiger partial charge on any atom is -0.396 e. The van der Waals surface area contributed by atoms with Crippen LogP contribution in [0.5, 0.6) is 0 Å². The first-order chi connectivity index (χ1) is 9.26. The van der Waals surface area contributed by atoms with Crippen LogP contribution in [0.3, 0.4) is 0 Å². The first-order valence-corrected chi connectivity index (χ1v) is 7.35. The molecule has 4 nitrogen and oxygen atoms in total. The number of aliphatic hydroxyl groups is 1. The van der Waals surface area contributed by atoms with Crippen LogP contribution in [0.4, 0.5) is 5.69 Å². The van der Waals surface area contributed by atoms with E-state index < -0.39 is 0 Å². The van der Waals surface area contributed by atoms with Gasteiger partial charge in [-0.25, -0.2) is 0 Å². The minimum absolute atomic E-state index is 0.0396.